The first-order chi connectivity index (χ1) is 9.04. The Morgan fingerprint density at radius 3 is 2.63 bits per heavy atom. The van der Waals surface area contributed by atoms with Crippen molar-refractivity contribution in [3.63, 3.8) is 0 Å². The molecule has 1 N–H and O–H groups in total. The Morgan fingerprint density at radius 1 is 1.26 bits per heavy atom. The maximum absolute atomic E-state index is 12.0. The van der Waals surface area contributed by atoms with Gasteiger partial charge in [-0.05, 0) is 31.0 Å². The fourth-order valence-electron chi connectivity index (χ4n) is 2.22. The molecule has 102 valence electrons. The lowest BCUT2D eigenvalue weighted by Gasteiger charge is -2.25. The van der Waals surface area contributed by atoms with Crippen molar-refractivity contribution in [1.82, 2.24) is 4.90 Å². The van der Waals surface area contributed by atoms with Gasteiger partial charge in [-0.2, -0.15) is 0 Å². The molecule has 0 aliphatic carbocycles. The number of hydrogen-bond donors (Lipinski definition) is 1. The second kappa shape index (κ2) is 5.97. The summed E-state index contributed by atoms with van der Waals surface area (Å²) in [4.78, 5) is 25.2. The zero-order chi connectivity index (χ0) is 13.8. The van der Waals surface area contributed by atoms with Gasteiger partial charge in [0.1, 0.15) is 5.78 Å². The number of ketones is 1. The third-order valence-electron chi connectivity index (χ3n) is 3.45. The molecular formula is C15H20N2O2. The van der Waals surface area contributed by atoms with Crippen molar-refractivity contribution in [3.8, 4) is 0 Å². The highest BCUT2D eigenvalue weighted by Crippen LogP contribution is 2.16. The first-order valence-corrected chi connectivity index (χ1v) is 6.66. The van der Waals surface area contributed by atoms with E-state index in [4.69, 9.17) is 0 Å². The molecule has 0 saturated carbocycles. The summed E-state index contributed by atoms with van der Waals surface area (Å²) in [7, 11) is 0. The van der Waals surface area contributed by atoms with Crippen molar-refractivity contribution < 1.29 is 9.59 Å². The summed E-state index contributed by atoms with van der Waals surface area (Å²) in [5, 5.41) is 2.94. The summed E-state index contributed by atoms with van der Waals surface area (Å²) in [6.45, 7) is 5.73. The molecule has 1 fully saturated rings. The SMILES string of the molecule is Cc1ccc(C)c(NC(=O)CN2CCC(=O)CC2)c1. The van der Waals surface area contributed by atoms with Crippen LogP contribution in [0.4, 0.5) is 5.69 Å². The molecule has 2 rings (SSSR count). The largest absolute Gasteiger partial charge is 0.325 e. The van der Waals surface area contributed by atoms with Crippen LogP contribution >= 0.6 is 0 Å². The van der Waals surface area contributed by atoms with Gasteiger partial charge in [-0.1, -0.05) is 12.1 Å². The highest BCUT2D eigenvalue weighted by atomic mass is 16.2. The van der Waals surface area contributed by atoms with E-state index in [-0.39, 0.29) is 5.91 Å². The molecule has 0 unspecified atom stereocenters. The quantitative estimate of drug-likeness (QED) is 0.903. The van der Waals surface area contributed by atoms with E-state index in [1.807, 2.05) is 36.9 Å². The van der Waals surface area contributed by atoms with Gasteiger partial charge in [0.15, 0.2) is 0 Å². The first kappa shape index (κ1) is 13.7. The lowest BCUT2D eigenvalue weighted by atomic mass is 10.1. The van der Waals surface area contributed by atoms with Gasteiger partial charge < -0.3 is 5.32 Å². The molecule has 1 saturated heterocycles. The second-order valence-corrected chi connectivity index (χ2v) is 5.18. The Balaban J connectivity index is 1.90. The van der Waals surface area contributed by atoms with Crippen LogP contribution in [0.15, 0.2) is 18.2 Å². The third-order valence-corrected chi connectivity index (χ3v) is 3.45. The van der Waals surface area contributed by atoms with Gasteiger partial charge in [-0.3, -0.25) is 14.5 Å². The highest BCUT2D eigenvalue weighted by Gasteiger charge is 2.18. The lowest BCUT2D eigenvalue weighted by Crippen LogP contribution is -2.39. The minimum atomic E-state index is -0.0111. The van der Waals surface area contributed by atoms with Gasteiger partial charge in [0.25, 0.3) is 0 Å². The summed E-state index contributed by atoms with van der Waals surface area (Å²) in [6.07, 6.45) is 1.13. The molecule has 4 heteroatoms. The zero-order valence-corrected chi connectivity index (χ0v) is 11.5. The summed E-state index contributed by atoms with van der Waals surface area (Å²) in [5.41, 5.74) is 3.07. The fourth-order valence-corrected chi connectivity index (χ4v) is 2.22. The van der Waals surface area contributed by atoms with Crippen molar-refractivity contribution in [3.05, 3.63) is 29.3 Å². The van der Waals surface area contributed by atoms with Crippen molar-refractivity contribution in [2.45, 2.75) is 26.7 Å². The Labute approximate surface area is 113 Å². The minimum absolute atomic E-state index is 0.0111. The number of nitrogens with zero attached hydrogens (tertiary/aromatic N) is 1. The third kappa shape index (κ3) is 3.89. The van der Waals surface area contributed by atoms with Crippen LogP contribution in [-0.2, 0) is 9.59 Å². The number of carbonyl (C=O) groups is 2. The van der Waals surface area contributed by atoms with Crippen molar-refractivity contribution in [1.29, 1.82) is 0 Å². The first-order valence-electron chi connectivity index (χ1n) is 6.66. The fraction of sp³-hybridized carbons (Fsp3) is 0.467. The predicted octanol–water partition coefficient (Wildman–Crippen LogP) is 1.91. The highest BCUT2D eigenvalue weighted by molar-refractivity contribution is 5.93. The number of likely N-dealkylation sites (tertiary alicyclic amines) is 1. The van der Waals surface area contributed by atoms with Gasteiger partial charge in [0.05, 0.1) is 6.54 Å². The number of hydrogen-bond acceptors (Lipinski definition) is 3. The predicted molar refractivity (Wildman–Crippen MR) is 75.2 cm³/mol. The molecule has 1 amide bonds. The Morgan fingerprint density at radius 2 is 1.95 bits per heavy atom. The molecule has 0 bridgehead atoms. The molecular weight excluding hydrogens is 240 g/mol. The van der Waals surface area contributed by atoms with Crippen LogP contribution in [0, 0.1) is 13.8 Å². The molecule has 1 aromatic carbocycles. The minimum Gasteiger partial charge on any atom is -0.325 e. The van der Waals surface area contributed by atoms with Crippen LogP contribution in [0.3, 0.4) is 0 Å². The van der Waals surface area contributed by atoms with Crippen LogP contribution in [-0.4, -0.2) is 36.2 Å². The van der Waals surface area contributed by atoms with E-state index < -0.39 is 0 Å². The van der Waals surface area contributed by atoms with E-state index in [0.29, 0.717) is 38.3 Å². The Bertz CT molecular complexity index is 487. The number of carbonyl (C=O) groups excluding carboxylic acids is 2. The number of nitrogens with one attached hydrogen (secondary N) is 1. The molecule has 1 aliphatic heterocycles. The summed E-state index contributed by atoms with van der Waals surface area (Å²) < 4.78 is 0. The molecule has 4 nitrogen and oxygen atoms in total. The van der Waals surface area contributed by atoms with E-state index >= 15 is 0 Å². The number of amides is 1. The van der Waals surface area contributed by atoms with Crippen molar-refractivity contribution in [2.75, 3.05) is 25.0 Å². The smallest absolute Gasteiger partial charge is 0.238 e. The maximum atomic E-state index is 12.0. The Kier molecular flexibility index (Phi) is 4.32. The van der Waals surface area contributed by atoms with Crippen molar-refractivity contribution >= 4 is 17.4 Å². The van der Waals surface area contributed by atoms with Gasteiger partial charge in [0.2, 0.25) is 5.91 Å². The summed E-state index contributed by atoms with van der Waals surface area (Å²) in [5.74, 6) is 0.286. The number of aryl methyl sites for hydroxylation is 2. The molecule has 1 aliphatic rings. The average molecular weight is 260 g/mol. The van der Waals surface area contributed by atoms with E-state index in [1.165, 1.54) is 0 Å². The number of anilines is 1. The lowest BCUT2D eigenvalue weighted by molar-refractivity contribution is -0.124. The molecule has 19 heavy (non-hydrogen) atoms. The van der Waals surface area contributed by atoms with Crippen LogP contribution in [0.25, 0.3) is 0 Å². The van der Waals surface area contributed by atoms with E-state index in [0.717, 1.165) is 16.8 Å². The van der Waals surface area contributed by atoms with Crippen LogP contribution in [0.2, 0.25) is 0 Å². The van der Waals surface area contributed by atoms with Crippen LogP contribution < -0.4 is 5.32 Å². The van der Waals surface area contributed by atoms with E-state index in [2.05, 4.69) is 5.32 Å². The number of benzene rings is 1. The number of piperidine rings is 1. The van der Waals surface area contributed by atoms with Gasteiger partial charge in [-0.15, -0.1) is 0 Å². The summed E-state index contributed by atoms with van der Waals surface area (Å²) in [6, 6.07) is 6.01. The van der Waals surface area contributed by atoms with Crippen LogP contribution in [0.1, 0.15) is 24.0 Å². The van der Waals surface area contributed by atoms with Gasteiger partial charge in [0, 0.05) is 31.6 Å². The zero-order valence-electron chi connectivity index (χ0n) is 11.5. The second-order valence-electron chi connectivity index (χ2n) is 5.18. The average Bonchev–Trinajstić information content (AvgIpc) is 2.37. The molecule has 0 atom stereocenters. The van der Waals surface area contributed by atoms with E-state index in [1.54, 1.807) is 0 Å². The van der Waals surface area contributed by atoms with E-state index in [9.17, 15) is 9.59 Å². The topological polar surface area (TPSA) is 49.4 Å². The van der Waals surface area contributed by atoms with Crippen molar-refractivity contribution in [2.24, 2.45) is 0 Å². The summed E-state index contributed by atoms with van der Waals surface area (Å²) >= 11 is 0. The van der Waals surface area contributed by atoms with Gasteiger partial charge in [-0.25, -0.2) is 0 Å². The molecule has 0 spiro atoms. The molecule has 0 radical (unpaired) electrons. The maximum Gasteiger partial charge on any atom is 0.238 e. The molecule has 0 aromatic heterocycles. The monoisotopic (exact) mass is 260 g/mol. The molecule has 1 heterocycles. The van der Waals surface area contributed by atoms with Crippen LogP contribution in [0.5, 0.6) is 0 Å². The Hall–Kier alpha value is -1.68. The normalized spacial score (nSPS) is 16.4. The number of Topliss-reactive ketones (excluding diaryl/α,β-unsaturated/α-hetero) is 1. The number of rotatable bonds is 3. The molecule has 1 aromatic rings. The standard InChI is InChI=1S/C15H20N2O2/c1-11-3-4-12(2)14(9-11)16-15(19)10-17-7-5-13(18)6-8-17/h3-4,9H,5-8,10H2,1-2H3,(H,16,19). The van der Waals surface area contributed by atoms with Gasteiger partial charge >= 0.3 is 0 Å².